The predicted octanol–water partition coefficient (Wildman–Crippen LogP) is -5.98. The third-order valence-corrected chi connectivity index (χ3v) is 3.61. The fourth-order valence-electron chi connectivity index (χ4n) is 2.11. The van der Waals surface area contributed by atoms with Crippen LogP contribution < -0.4 is 53.7 Å². The number of pyridine rings is 2. The normalized spacial score (nSPS) is 8.79. The minimum atomic E-state index is 0. The summed E-state index contributed by atoms with van der Waals surface area (Å²) >= 11 is 0. The fourth-order valence-corrected chi connectivity index (χ4v) is 2.11. The zero-order valence-corrected chi connectivity index (χ0v) is 19.1. The summed E-state index contributed by atoms with van der Waals surface area (Å²) in [5.74, 6) is 0.0251. The summed E-state index contributed by atoms with van der Waals surface area (Å²) < 4.78 is 4.11. The van der Waals surface area contributed by atoms with Crippen LogP contribution in [-0.4, -0.2) is 22.8 Å². The van der Waals surface area contributed by atoms with Crippen LogP contribution in [0, 0.1) is 0 Å². The van der Waals surface area contributed by atoms with Gasteiger partial charge in [-0.05, 0) is 0 Å². The van der Waals surface area contributed by atoms with Gasteiger partial charge in [-0.1, -0.05) is 13.8 Å². The summed E-state index contributed by atoms with van der Waals surface area (Å²) in [6, 6.07) is 7.56. The Kier molecular flexibility index (Phi) is 17.7. The Bertz CT molecular complexity index is 636. The lowest BCUT2D eigenvalue weighted by Crippen LogP contribution is -3.00. The Hall–Kier alpha value is -1.88. The minimum Gasteiger partial charge on any atom is -1.00 e. The lowest BCUT2D eigenvalue weighted by atomic mass is 10.3. The highest BCUT2D eigenvalue weighted by Gasteiger charge is 2.08. The summed E-state index contributed by atoms with van der Waals surface area (Å²) in [7, 11) is 0. The summed E-state index contributed by atoms with van der Waals surface area (Å²) in [4.78, 5) is 22.7. The summed E-state index contributed by atoms with van der Waals surface area (Å²) in [6.07, 6.45) is 8.73. The largest absolute Gasteiger partial charge is 1.00 e. The molecule has 0 aliphatic rings. The molecule has 2 amide bonds. The number of aromatic nitrogens is 2. The van der Waals surface area contributed by atoms with E-state index in [-0.39, 0.29) is 56.7 Å². The van der Waals surface area contributed by atoms with E-state index in [1.807, 2.05) is 62.9 Å². The lowest BCUT2D eigenvalue weighted by Gasteiger charge is -2.03. The number of amides is 2. The van der Waals surface area contributed by atoms with Crippen LogP contribution in [0.5, 0.6) is 0 Å². The van der Waals surface area contributed by atoms with Crippen molar-refractivity contribution in [3.8, 4) is 0 Å². The average Bonchev–Trinajstić information content (AvgIpc) is 2.62. The van der Waals surface area contributed by atoms with Crippen molar-refractivity contribution in [3.05, 3.63) is 49.1 Å². The lowest BCUT2D eigenvalue weighted by molar-refractivity contribution is -0.778. The number of carbonyl (C=O) groups is 2. The molecule has 0 fully saturated rings. The van der Waals surface area contributed by atoms with Crippen LogP contribution in [-0.2, 0) is 22.7 Å². The van der Waals surface area contributed by atoms with Gasteiger partial charge in [-0.2, -0.15) is 9.13 Å². The maximum Gasteiger partial charge on any atom is 0.224 e. The zero-order chi connectivity index (χ0) is 17.4. The first-order valence-electron chi connectivity index (χ1n) is 8.18. The molecule has 0 bridgehead atoms. The van der Waals surface area contributed by atoms with Crippen LogP contribution in [0.3, 0.4) is 0 Å². The van der Waals surface area contributed by atoms with Crippen molar-refractivity contribution in [2.45, 2.75) is 39.8 Å². The minimum absolute atomic E-state index is 0. The van der Waals surface area contributed by atoms with Gasteiger partial charge in [0.2, 0.25) is 24.9 Å². The van der Waals surface area contributed by atoms with Crippen molar-refractivity contribution < 1.29 is 63.6 Å². The molecular weight excluding hydrogens is 496 g/mol. The van der Waals surface area contributed by atoms with Crippen molar-refractivity contribution in [2.75, 3.05) is 10.6 Å². The Labute approximate surface area is 186 Å². The second kappa shape index (κ2) is 16.1. The number of hydrogen-bond acceptors (Lipinski definition) is 2. The summed E-state index contributed by atoms with van der Waals surface area (Å²) in [5, 5.41) is 5.65. The Balaban J connectivity index is -0.00000156. The average molecular weight is 524 g/mol. The van der Waals surface area contributed by atoms with E-state index in [0.29, 0.717) is 12.8 Å². The van der Waals surface area contributed by atoms with Gasteiger partial charge in [-0.15, -0.1) is 0 Å². The third-order valence-electron chi connectivity index (χ3n) is 3.61. The van der Waals surface area contributed by atoms with E-state index < -0.39 is 0 Å². The molecule has 0 saturated heterocycles. The van der Waals surface area contributed by atoms with E-state index in [2.05, 4.69) is 19.8 Å². The second-order valence-corrected chi connectivity index (χ2v) is 5.45. The molecule has 0 aromatic carbocycles. The van der Waals surface area contributed by atoms with Crippen LogP contribution in [0.4, 0.5) is 11.4 Å². The van der Waals surface area contributed by atoms with Gasteiger partial charge in [0, 0.05) is 37.1 Å². The molecule has 0 atom stereocenters. The molecule has 28 heavy (non-hydrogen) atoms. The van der Waals surface area contributed by atoms with Gasteiger partial charge in [0.05, 0.1) is 11.4 Å². The van der Waals surface area contributed by atoms with Crippen LogP contribution >= 0.6 is 0 Å². The SMILES string of the molecule is CCC(=O)Nc1cc[n+](CC[n+]2ccc(NC(=O)CC)cc2)cc1.O.O.[Br-].[Br-]. The number of halogens is 2. The number of carbonyl (C=O) groups excluding carboxylic acids is 2. The molecule has 0 aliphatic heterocycles. The molecule has 158 valence electrons. The Morgan fingerprint density at radius 1 is 0.714 bits per heavy atom. The zero-order valence-electron chi connectivity index (χ0n) is 15.9. The van der Waals surface area contributed by atoms with Gasteiger partial charge in [-0.3, -0.25) is 9.59 Å². The van der Waals surface area contributed by atoms with Crippen LogP contribution in [0.1, 0.15) is 26.7 Å². The highest BCUT2D eigenvalue weighted by molar-refractivity contribution is 5.90. The van der Waals surface area contributed by atoms with E-state index in [9.17, 15) is 9.59 Å². The number of anilines is 2. The van der Waals surface area contributed by atoms with E-state index in [1.165, 1.54) is 0 Å². The summed E-state index contributed by atoms with van der Waals surface area (Å²) in [6.45, 7) is 5.28. The maximum atomic E-state index is 11.3. The van der Waals surface area contributed by atoms with Crippen LogP contribution in [0.15, 0.2) is 49.1 Å². The molecule has 0 spiro atoms. The quantitative estimate of drug-likeness (QED) is 0.350. The molecule has 6 N–H and O–H groups in total. The molecule has 0 unspecified atom stereocenters. The number of rotatable bonds is 7. The first kappa shape index (κ1) is 30.8. The fraction of sp³-hybridized carbons (Fsp3) is 0.333. The van der Waals surface area contributed by atoms with E-state index >= 15 is 0 Å². The van der Waals surface area contributed by atoms with Gasteiger partial charge >= 0.3 is 0 Å². The van der Waals surface area contributed by atoms with Crippen molar-refractivity contribution in [1.29, 1.82) is 0 Å². The molecule has 0 saturated carbocycles. The predicted molar refractivity (Wildman–Crippen MR) is 98.3 cm³/mol. The first-order valence-corrected chi connectivity index (χ1v) is 8.18. The molecule has 2 rings (SSSR count). The molecule has 0 aliphatic carbocycles. The van der Waals surface area contributed by atoms with E-state index in [0.717, 1.165) is 24.5 Å². The highest BCUT2D eigenvalue weighted by atomic mass is 79.9. The molecule has 10 heteroatoms. The van der Waals surface area contributed by atoms with Gasteiger partial charge in [0.15, 0.2) is 24.8 Å². The topological polar surface area (TPSA) is 129 Å². The molecule has 2 aromatic rings. The standard InChI is InChI=1S/C18H22N4O2.2BrH.2H2O/c1-3-17(23)19-15-5-9-21(10-6-15)13-14-22-11-7-16(8-12-22)20-18(24)4-2;;;;/h5-12H,3-4,13-14H2,1-2H3;2*1H;2*1H2. The molecule has 8 nitrogen and oxygen atoms in total. The molecule has 2 aromatic heterocycles. The van der Waals surface area contributed by atoms with E-state index in [4.69, 9.17) is 0 Å². The van der Waals surface area contributed by atoms with E-state index in [1.54, 1.807) is 0 Å². The van der Waals surface area contributed by atoms with Crippen molar-refractivity contribution in [1.82, 2.24) is 0 Å². The molecule has 0 radical (unpaired) electrons. The number of hydrogen-bond donors (Lipinski definition) is 2. The van der Waals surface area contributed by atoms with Gasteiger partial charge < -0.3 is 55.5 Å². The molecule has 2 heterocycles. The van der Waals surface area contributed by atoms with Crippen LogP contribution in [0.25, 0.3) is 0 Å². The Morgan fingerprint density at radius 2 is 1.00 bits per heavy atom. The second-order valence-electron chi connectivity index (χ2n) is 5.45. The van der Waals surface area contributed by atoms with Crippen molar-refractivity contribution >= 4 is 23.2 Å². The highest BCUT2D eigenvalue weighted by Crippen LogP contribution is 2.04. The number of nitrogens with zero attached hydrogens (tertiary/aromatic N) is 2. The smallest absolute Gasteiger partial charge is 0.224 e. The van der Waals surface area contributed by atoms with Gasteiger partial charge in [-0.25, -0.2) is 0 Å². The number of nitrogens with one attached hydrogen (secondary N) is 2. The van der Waals surface area contributed by atoms with Gasteiger partial charge in [0.1, 0.15) is 0 Å². The Morgan fingerprint density at radius 3 is 1.25 bits per heavy atom. The first-order chi connectivity index (χ1) is 11.6. The van der Waals surface area contributed by atoms with Crippen molar-refractivity contribution in [3.63, 3.8) is 0 Å². The molecular formula is C18H28Br2N4O4. The van der Waals surface area contributed by atoms with Gasteiger partial charge in [0.25, 0.3) is 0 Å². The maximum absolute atomic E-state index is 11.3. The van der Waals surface area contributed by atoms with Crippen LogP contribution in [0.2, 0.25) is 0 Å². The summed E-state index contributed by atoms with van der Waals surface area (Å²) in [5.41, 5.74) is 1.61. The third kappa shape index (κ3) is 10.5. The monoisotopic (exact) mass is 522 g/mol. The van der Waals surface area contributed by atoms with Crippen molar-refractivity contribution in [2.24, 2.45) is 0 Å². The number of aryl methyl sites for hydroxylation is 2.